The molecule has 6 heteroatoms. The van der Waals surface area contributed by atoms with E-state index in [0.29, 0.717) is 36.8 Å². The number of anilines is 2. The molecule has 0 unspecified atom stereocenters. The summed E-state index contributed by atoms with van der Waals surface area (Å²) >= 11 is 5.98. The highest BCUT2D eigenvalue weighted by Crippen LogP contribution is 2.30. The second-order valence-corrected chi connectivity index (χ2v) is 8.66. The lowest BCUT2D eigenvalue weighted by atomic mass is 10.1. The minimum Gasteiger partial charge on any atom is -0.320 e. The fourth-order valence-corrected chi connectivity index (χ4v) is 4.62. The molecule has 162 valence electrons. The Kier molecular flexibility index (Phi) is 5.58. The Bertz CT molecular complexity index is 1160. The van der Waals surface area contributed by atoms with E-state index in [1.807, 2.05) is 76.5 Å². The van der Waals surface area contributed by atoms with Crippen LogP contribution in [0.2, 0.25) is 5.02 Å². The van der Waals surface area contributed by atoms with Gasteiger partial charge in [0.1, 0.15) is 0 Å². The number of carbonyl (C=O) groups is 2. The van der Waals surface area contributed by atoms with Gasteiger partial charge < -0.3 is 9.80 Å². The number of hydrogen-bond donors (Lipinski definition) is 0. The number of urea groups is 1. The molecule has 3 aromatic rings. The van der Waals surface area contributed by atoms with Crippen molar-refractivity contribution in [1.29, 1.82) is 0 Å². The molecule has 0 spiro atoms. The van der Waals surface area contributed by atoms with Crippen molar-refractivity contribution in [2.24, 2.45) is 0 Å². The van der Waals surface area contributed by atoms with E-state index in [9.17, 15) is 9.59 Å². The SMILES string of the molecule is O=C1N(Cc2ccc(Cl)cc2)CCCN1c1cccc(C(=O)N2CCc3ccccc32)c1. The number of rotatable bonds is 4. The van der Waals surface area contributed by atoms with Gasteiger partial charge in [-0.2, -0.15) is 0 Å². The number of para-hydroxylation sites is 1. The van der Waals surface area contributed by atoms with E-state index in [4.69, 9.17) is 11.6 Å². The quantitative estimate of drug-likeness (QED) is 0.541. The number of halogens is 1. The van der Waals surface area contributed by atoms with Crippen molar-refractivity contribution in [3.8, 4) is 0 Å². The fourth-order valence-electron chi connectivity index (χ4n) is 4.49. The smallest absolute Gasteiger partial charge is 0.320 e. The largest absolute Gasteiger partial charge is 0.324 e. The second kappa shape index (κ2) is 8.67. The molecule has 0 atom stereocenters. The molecule has 0 aromatic heterocycles. The average Bonchev–Trinajstić information content (AvgIpc) is 3.26. The van der Waals surface area contributed by atoms with Gasteiger partial charge in [0, 0.05) is 48.1 Å². The molecule has 2 aliphatic rings. The third kappa shape index (κ3) is 3.96. The Labute approximate surface area is 192 Å². The lowest BCUT2D eigenvalue weighted by molar-refractivity contribution is 0.0989. The molecule has 0 aliphatic carbocycles. The number of hydrogen-bond acceptors (Lipinski definition) is 2. The molecular weight excluding hydrogens is 422 g/mol. The molecular formula is C26H24ClN3O2. The first-order chi connectivity index (χ1) is 15.6. The summed E-state index contributed by atoms with van der Waals surface area (Å²) < 4.78 is 0. The summed E-state index contributed by atoms with van der Waals surface area (Å²) in [6.45, 7) is 2.57. The van der Waals surface area contributed by atoms with Crippen molar-refractivity contribution in [2.75, 3.05) is 29.4 Å². The first-order valence-electron chi connectivity index (χ1n) is 10.9. The maximum atomic E-state index is 13.3. The van der Waals surface area contributed by atoms with Gasteiger partial charge in [0.2, 0.25) is 0 Å². The zero-order valence-electron chi connectivity index (χ0n) is 17.7. The van der Waals surface area contributed by atoms with Crippen LogP contribution in [-0.2, 0) is 13.0 Å². The summed E-state index contributed by atoms with van der Waals surface area (Å²) in [6.07, 6.45) is 1.74. The van der Waals surface area contributed by atoms with Crippen molar-refractivity contribution in [3.63, 3.8) is 0 Å². The predicted octanol–water partition coefficient (Wildman–Crippen LogP) is 5.38. The lowest BCUT2D eigenvalue weighted by Crippen LogP contribution is -2.49. The van der Waals surface area contributed by atoms with Crippen molar-refractivity contribution in [3.05, 3.63) is 94.5 Å². The van der Waals surface area contributed by atoms with Gasteiger partial charge in [0.05, 0.1) is 0 Å². The van der Waals surface area contributed by atoms with Crippen LogP contribution < -0.4 is 9.80 Å². The summed E-state index contributed by atoms with van der Waals surface area (Å²) in [5.41, 5.74) is 4.57. The van der Waals surface area contributed by atoms with Gasteiger partial charge in [-0.15, -0.1) is 0 Å². The first-order valence-corrected chi connectivity index (χ1v) is 11.3. The maximum Gasteiger partial charge on any atom is 0.324 e. The van der Waals surface area contributed by atoms with Gasteiger partial charge in [-0.1, -0.05) is 48.0 Å². The highest BCUT2D eigenvalue weighted by Gasteiger charge is 2.29. The van der Waals surface area contributed by atoms with Gasteiger partial charge in [-0.3, -0.25) is 9.69 Å². The average molecular weight is 446 g/mol. The van der Waals surface area contributed by atoms with Crippen LogP contribution in [0, 0.1) is 0 Å². The highest BCUT2D eigenvalue weighted by atomic mass is 35.5. The van der Waals surface area contributed by atoms with E-state index in [-0.39, 0.29) is 11.9 Å². The number of fused-ring (bicyclic) bond motifs is 1. The normalized spacial score (nSPS) is 15.8. The molecule has 32 heavy (non-hydrogen) atoms. The molecule has 3 amide bonds. The molecule has 1 saturated heterocycles. The van der Waals surface area contributed by atoms with Crippen LogP contribution >= 0.6 is 11.6 Å². The fraction of sp³-hybridized carbons (Fsp3) is 0.231. The Morgan fingerprint density at radius 2 is 1.72 bits per heavy atom. The van der Waals surface area contributed by atoms with Crippen molar-refractivity contribution in [2.45, 2.75) is 19.4 Å². The number of benzene rings is 3. The minimum atomic E-state index is -0.0395. The lowest BCUT2D eigenvalue weighted by Gasteiger charge is -2.36. The third-order valence-corrected chi connectivity index (χ3v) is 6.39. The molecule has 5 rings (SSSR count). The van der Waals surface area contributed by atoms with E-state index in [1.54, 1.807) is 4.90 Å². The van der Waals surface area contributed by atoms with Crippen LogP contribution in [0.1, 0.15) is 27.9 Å². The van der Waals surface area contributed by atoms with E-state index < -0.39 is 0 Å². The molecule has 2 aliphatic heterocycles. The van der Waals surface area contributed by atoms with Crippen molar-refractivity contribution in [1.82, 2.24) is 4.90 Å². The molecule has 5 nitrogen and oxygen atoms in total. The van der Waals surface area contributed by atoms with Crippen LogP contribution in [0.15, 0.2) is 72.8 Å². The first kappa shape index (κ1) is 20.6. The standard InChI is InChI=1S/C26H24ClN3O2/c27-22-11-9-19(10-12-22)18-28-14-4-15-29(26(28)32)23-7-3-6-21(17-23)25(31)30-16-13-20-5-1-2-8-24(20)30/h1-3,5-12,17H,4,13-16,18H2. The minimum absolute atomic E-state index is 0.0284. The van der Waals surface area contributed by atoms with Gasteiger partial charge in [-0.25, -0.2) is 4.79 Å². The number of amides is 3. The van der Waals surface area contributed by atoms with Crippen LogP contribution in [0.25, 0.3) is 0 Å². The zero-order chi connectivity index (χ0) is 22.1. The predicted molar refractivity (Wildman–Crippen MR) is 127 cm³/mol. The van der Waals surface area contributed by atoms with Crippen molar-refractivity contribution < 1.29 is 9.59 Å². The Balaban J connectivity index is 1.35. The van der Waals surface area contributed by atoms with Gasteiger partial charge in [0.15, 0.2) is 0 Å². The molecule has 2 heterocycles. The topological polar surface area (TPSA) is 43.9 Å². The molecule has 0 radical (unpaired) electrons. The van der Waals surface area contributed by atoms with Gasteiger partial charge >= 0.3 is 6.03 Å². The zero-order valence-corrected chi connectivity index (χ0v) is 18.5. The molecule has 0 N–H and O–H groups in total. The second-order valence-electron chi connectivity index (χ2n) is 8.22. The summed E-state index contributed by atoms with van der Waals surface area (Å²) in [7, 11) is 0. The third-order valence-electron chi connectivity index (χ3n) is 6.13. The molecule has 0 bridgehead atoms. The molecule has 0 saturated carbocycles. The molecule has 1 fully saturated rings. The Morgan fingerprint density at radius 1 is 0.906 bits per heavy atom. The van der Waals surface area contributed by atoms with Crippen LogP contribution in [0.4, 0.5) is 16.2 Å². The highest BCUT2D eigenvalue weighted by molar-refractivity contribution is 6.30. The number of carbonyl (C=O) groups excluding carboxylic acids is 2. The van der Waals surface area contributed by atoms with Crippen molar-refractivity contribution >= 4 is 34.9 Å². The van der Waals surface area contributed by atoms with Crippen LogP contribution in [-0.4, -0.2) is 36.5 Å². The van der Waals surface area contributed by atoms with Gasteiger partial charge in [-0.05, 0) is 60.4 Å². The van der Waals surface area contributed by atoms with E-state index >= 15 is 0 Å². The Morgan fingerprint density at radius 3 is 2.56 bits per heavy atom. The summed E-state index contributed by atoms with van der Waals surface area (Å²) in [5, 5.41) is 0.683. The molecule has 3 aromatic carbocycles. The van der Waals surface area contributed by atoms with Crippen LogP contribution in [0.5, 0.6) is 0 Å². The number of nitrogens with zero attached hydrogens (tertiary/aromatic N) is 3. The monoisotopic (exact) mass is 445 g/mol. The van der Waals surface area contributed by atoms with E-state index in [0.717, 1.165) is 29.8 Å². The van der Waals surface area contributed by atoms with E-state index in [1.165, 1.54) is 5.56 Å². The van der Waals surface area contributed by atoms with Gasteiger partial charge in [0.25, 0.3) is 5.91 Å². The summed E-state index contributed by atoms with van der Waals surface area (Å²) in [6, 6.07) is 23.0. The maximum absolute atomic E-state index is 13.3. The summed E-state index contributed by atoms with van der Waals surface area (Å²) in [4.78, 5) is 31.9. The van der Waals surface area contributed by atoms with E-state index in [2.05, 4.69) is 6.07 Å². The Hall–Kier alpha value is -3.31. The summed E-state index contributed by atoms with van der Waals surface area (Å²) in [5.74, 6) is -0.0284. The van der Waals surface area contributed by atoms with Crippen LogP contribution in [0.3, 0.4) is 0 Å².